The van der Waals surface area contributed by atoms with Gasteiger partial charge in [0.2, 0.25) is 5.91 Å². The molecule has 0 saturated carbocycles. The standard InChI is InChI=1S/C30H41N5O7/c1-7-41-28(39)35-17-15-34(16-18-35)27(38)21(13-14-24(36)42-29(2,3)4)32-26(37)22-19-23(30(5,6)40)33-25(31-22)20-11-9-8-10-12-20/h8-12,19,21,40H,7,13-18H2,1-6H3,(H,32,37)/t21-/m0/s1. The summed E-state index contributed by atoms with van der Waals surface area (Å²) in [6.45, 7) is 11.4. The number of carbonyl (C=O) groups excluding carboxylic acids is 4. The highest BCUT2D eigenvalue weighted by atomic mass is 16.6. The Balaban J connectivity index is 1.85. The number of esters is 1. The van der Waals surface area contributed by atoms with Gasteiger partial charge in [-0.1, -0.05) is 30.3 Å². The fraction of sp³-hybridized carbons (Fsp3) is 0.533. The molecule has 0 aliphatic carbocycles. The normalized spacial score (nSPS) is 14.6. The highest BCUT2D eigenvalue weighted by Crippen LogP contribution is 2.23. The Labute approximate surface area is 246 Å². The van der Waals surface area contributed by atoms with E-state index < -0.39 is 41.1 Å². The summed E-state index contributed by atoms with van der Waals surface area (Å²) in [4.78, 5) is 63.7. The molecule has 0 bridgehead atoms. The predicted molar refractivity (Wildman–Crippen MR) is 154 cm³/mol. The van der Waals surface area contributed by atoms with Crippen molar-refractivity contribution in [2.75, 3.05) is 32.8 Å². The van der Waals surface area contributed by atoms with E-state index in [1.165, 1.54) is 11.0 Å². The summed E-state index contributed by atoms with van der Waals surface area (Å²) in [5, 5.41) is 13.4. The van der Waals surface area contributed by atoms with Gasteiger partial charge < -0.3 is 29.7 Å². The summed E-state index contributed by atoms with van der Waals surface area (Å²) in [5.74, 6) is -1.31. The minimum atomic E-state index is -1.37. The highest BCUT2D eigenvalue weighted by molar-refractivity contribution is 5.96. The molecule has 1 aromatic carbocycles. The van der Waals surface area contributed by atoms with Gasteiger partial charge in [-0.25, -0.2) is 14.8 Å². The number of ether oxygens (including phenoxy) is 2. The van der Waals surface area contributed by atoms with E-state index in [0.717, 1.165) is 0 Å². The van der Waals surface area contributed by atoms with Crippen molar-refractivity contribution < 1.29 is 33.8 Å². The number of hydrogen-bond acceptors (Lipinski definition) is 9. The number of hydrogen-bond donors (Lipinski definition) is 2. The van der Waals surface area contributed by atoms with Crippen molar-refractivity contribution in [2.24, 2.45) is 0 Å². The largest absolute Gasteiger partial charge is 0.460 e. The number of aromatic nitrogens is 2. The molecule has 0 spiro atoms. The molecule has 1 aromatic heterocycles. The zero-order valence-corrected chi connectivity index (χ0v) is 25.2. The molecule has 2 aromatic rings. The monoisotopic (exact) mass is 583 g/mol. The average Bonchev–Trinajstić information content (AvgIpc) is 2.93. The molecule has 228 valence electrons. The molecule has 3 rings (SSSR count). The van der Waals surface area contributed by atoms with Crippen LogP contribution in [0.4, 0.5) is 4.79 Å². The number of benzene rings is 1. The summed E-state index contributed by atoms with van der Waals surface area (Å²) >= 11 is 0. The molecule has 1 aliphatic rings. The summed E-state index contributed by atoms with van der Waals surface area (Å²) in [6.07, 6.45) is -0.558. The van der Waals surface area contributed by atoms with Gasteiger partial charge in [0.25, 0.3) is 5.91 Å². The molecular formula is C30H41N5O7. The molecule has 1 fully saturated rings. The van der Waals surface area contributed by atoms with Crippen LogP contribution in [0.25, 0.3) is 11.4 Å². The third-order valence-electron chi connectivity index (χ3n) is 6.40. The second-order valence-corrected chi connectivity index (χ2v) is 11.5. The molecule has 12 nitrogen and oxygen atoms in total. The van der Waals surface area contributed by atoms with Gasteiger partial charge in [-0.3, -0.25) is 14.4 Å². The van der Waals surface area contributed by atoms with Gasteiger partial charge in [0.05, 0.1) is 12.3 Å². The van der Waals surface area contributed by atoms with Crippen molar-refractivity contribution in [1.82, 2.24) is 25.1 Å². The van der Waals surface area contributed by atoms with Crippen LogP contribution in [0.5, 0.6) is 0 Å². The van der Waals surface area contributed by atoms with Crippen molar-refractivity contribution >= 4 is 23.9 Å². The molecule has 12 heteroatoms. The number of rotatable bonds is 9. The summed E-state index contributed by atoms with van der Waals surface area (Å²) in [6, 6.07) is 9.34. The van der Waals surface area contributed by atoms with Crippen molar-refractivity contribution in [2.45, 2.75) is 71.6 Å². The van der Waals surface area contributed by atoms with Gasteiger partial charge in [-0.05, 0) is 54.0 Å². The van der Waals surface area contributed by atoms with E-state index in [0.29, 0.717) is 5.56 Å². The Hall–Kier alpha value is -4.06. The van der Waals surface area contributed by atoms with E-state index in [2.05, 4.69) is 15.3 Å². The van der Waals surface area contributed by atoms with Gasteiger partial charge in [-0.2, -0.15) is 0 Å². The van der Waals surface area contributed by atoms with E-state index >= 15 is 0 Å². The Kier molecular flexibility index (Phi) is 10.6. The van der Waals surface area contributed by atoms with Crippen molar-refractivity contribution in [3.63, 3.8) is 0 Å². The van der Waals surface area contributed by atoms with Crippen LogP contribution in [0, 0.1) is 0 Å². The SMILES string of the molecule is CCOC(=O)N1CCN(C(=O)[C@H](CCC(=O)OC(C)(C)C)NC(=O)c2cc(C(C)(C)O)nc(-c3ccccc3)n2)CC1. The number of nitrogens with one attached hydrogen (secondary N) is 1. The van der Waals surface area contributed by atoms with Gasteiger partial charge in [0, 0.05) is 38.2 Å². The number of aliphatic hydroxyl groups is 1. The van der Waals surface area contributed by atoms with Crippen molar-refractivity contribution in [3.8, 4) is 11.4 Å². The highest BCUT2D eigenvalue weighted by Gasteiger charge is 2.32. The van der Waals surface area contributed by atoms with E-state index in [1.807, 2.05) is 18.2 Å². The Morgan fingerprint density at radius 1 is 0.976 bits per heavy atom. The van der Waals surface area contributed by atoms with Crippen molar-refractivity contribution in [3.05, 3.63) is 47.8 Å². The molecule has 42 heavy (non-hydrogen) atoms. The molecule has 2 heterocycles. The summed E-state index contributed by atoms with van der Waals surface area (Å²) < 4.78 is 10.5. The third kappa shape index (κ3) is 9.23. The summed E-state index contributed by atoms with van der Waals surface area (Å²) in [5.41, 5.74) is -1.23. The summed E-state index contributed by atoms with van der Waals surface area (Å²) in [7, 11) is 0. The molecular weight excluding hydrogens is 542 g/mol. The van der Waals surface area contributed by atoms with Crippen LogP contribution in [-0.2, 0) is 24.7 Å². The zero-order valence-electron chi connectivity index (χ0n) is 25.2. The van der Waals surface area contributed by atoms with E-state index in [1.54, 1.807) is 58.6 Å². The molecule has 0 radical (unpaired) electrons. The second-order valence-electron chi connectivity index (χ2n) is 11.5. The van der Waals surface area contributed by atoms with Gasteiger partial charge in [0.15, 0.2) is 5.82 Å². The van der Waals surface area contributed by atoms with E-state index in [9.17, 15) is 24.3 Å². The molecule has 1 atom stereocenters. The van der Waals surface area contributed by atoms with E-state index in [-0.39, 0.29) is 62.8 Å². The maximum Gasteiger partial charge on any atom is 0.409 e. The molecule has 2 N–H and O–H groups in total. The Morgan fingerprint density at radius 3 is 2.17 bits per heavy atom. The Bertz CT molecular complexity index is 1260. The first-order valence-electron chi connectivity index (χ1n) is 14.1. The first-order chi connectivity index (χ1) is 19.7. The predicted octanol–water partition coefficient (Wildman–Crippen LogP) is 2.89. The van der Waals surface area contributed by atoms with Gasteiger partial charge in [-0.15, -0.1) is 0 Å². The molecule has 1 saturated heterocycles. The lowest BCUT2D eigenvalue weighted by atomic mass is 10.0. The average molecular weight is 584 g/mol. The minimum absolute atomic E-state index is 0.00739. The Morgan fingerprint density at radius 2 is 1.60 bits per heavy atom. The smallest absolute Gasteiger partial charge is 0.409 e. The topological polar surface area (TPSA) is 151 Å². The molecule has 3 amide bonds. The molecule has 0 unspecified atom stereocenters. The molecule has 1 aliphatic heterocycles. The first-order valence-corrected chi connectivity index (χ1v) is 14.1. The lowest BCUT2D eigenvalue weighted by Crippen LogP contribution is -2.56. The van der Waals surface area contributed by atoms with E-state index in [4.69, 9.17) is 9.47 Å². The van der Waals surface area contributed by atoms with Gasteiger partial charge >= 0.3 is 12.1 Å². The maximum absolute atomic E-state index is 13.6. The minimum Gasteiger partial charge on any atom is -0.460 e. The van der Waals surface area contributed by atoms with Crippen LogP contribution in [0.2, 0.25) is 0 Å². The first kappa shape index (κ1) is 32.5. The lowest BCUT2D eigenvalue weighted by Gasteiger charge is -2.36. The quantitative estimate of drug-likeness (QED) is 0.425. The van der Waals surface area contributed by atoms with Crippen LogP contribution >= 0.6 is 0 Å². The zero-order chi connectivity index (χ0) is 31.1. The number of piperazine rings is 1. The fourth-order valence-corrected chi connectivity index (χ4v) is 4.28. The lowest BCUT2D eigenvalue weighted by molar-refractivity contribution is -0.155. The number of nitrogens with zero attached hydrogens (tertiary/aromatic N) is 4. The second kappa shape index (κ2) is 13.7. The van der Waals surface area contributed by atoms with Crippen LogP contribution in [-0.4, -0.2) is 93.2 Å². The van der Waals surface area contributed by atoms with Crippen LogP contribution < -0.4 is 5.32 Å². The van der Waals surface area contributed by atoms with Crippen LogP contribution in [0.1, 0.15) is 70.6 Å². The van der Waals surface area contributed by atoms with Gasteiger partial charge in [0.1, 0.15) is 22.9 Å². The fourth-order valence-electron chi connectivity index (χ4n) is 4.28. The number of amides is 3. The maximum atomic E-state index is 13.6. The third-order valence-corrected chi connectivity index (χ3v) is 6.40. The van der Waals surface area contributed by atoms with Crippen LogP contribution in [0.3, 0.4) is 0 Å². The number of carbonyl (C=O) groups is 4. The van der Waals surface area contributed by atoms with Crippen molar-refractivity contribution in [1.29, 1.82) is 0 Å². The van der Waals surface area contributed by atoms with Crippen LogP contribution in [0.15, 0.2) is 36.4 Å².